The number of benzene rings is 1. The van der Waals surface area contributed by atoms with E-state index in [1.807, 2.05) is 0 Å². The van der Waals surface area contributed by atoms with Crippen molar-refractivity contribution in [3.05, 3.63) is 72.2 Å². The SMILES string of the molecule is CNCc1cc(-c2ccccc2C#N)n(S(=O)(=O)c2cccnc2)c1. The summed E-state index contributed by atoms with van der Waals surface area (Å²) in [5.74, 6) is 0. The van der Waals surface area contributed by atoms with Crippen molar-refractivity contribution in [3.63, 3.8) is 0 Å². The van der Waals surface area contributed by atoms with E-state index in [2.05, 4.69) is 16.4 Å². The monoisotopic (exact) mass is 352 g/mol. The van der Waals surface area contributed by atoms with Crippen LogP contribution in [0.25, 0.3) is 11.3 Å². The van der Waals surface area contributed by atoms with Crippen LogP contribution in [0.2, 0.25) is 0 Å². The standard InChI is InChI=1S/C18H16N4O2S/c1-20-11-14-9-18(17-7-3-2-5-15(17)10-19)22(13-14)25(23,24)16-6-4-8-21-12-16/h2-9,12-13,20H,11H2,1H3. The fourth-order valence-corrected chi connectivity index (χ4v) is 3.97. The summed E-state index contributed by atoms with van der Waals surface area (Å²) in [7, 11) is -2.04. The smallest absolute Gasteiger partial charge is 0.269 e. The van der Waals surface area contributed by atoms with E-state index in [9.17, 15) is 13.7 Å². The minimum Gasteiger partial charge on any atom is -0.316 e. The van der Waals surface area contributed by atoms with Gasteiger partial charge in [-0.15, -0.1) is 0 Å². The Kier molecular flexibility index (Phi) is 4.65. The van der Waals surface area contributed by atoms with Crippen LogP contribution in [0.5, 0.6) is 0 Å². The van der Waals surface area contributed by atoms with Crippen LogP contribution in [-0.4, -0.2) is 24.4 Å². The number of nitrogens with zero attached hydrogens (tertiary/aromatic N) is 3. The van der Waals surface area contributed by atoms with E-state index in [0.717, 1.165) is 5.56 Å². The van der Waals surface area contributed by atoms with Crippen LogP contribution in [0, 0.1) is 11.3 Å². The summed E-state index contributed by atoms with van der Waals surface area (Å²) in [5.41, 5.74) is 2.24. The predicted octanol–water partition coefficient (Wildman–Crippen LogP) is 2.38. The van der Waals surface area contributed by atoms with Gasteiger partial charge in [0.05, 0.1) is 17.3 Å². The van der Waals surface area contributed by atoms with Crippen molar-refractivity contribution < 1.29 is 8.42 Å². The molecule has 0 radical (unpaired) electrons. The molecule has 0 aliphatic rings. The highest BCUT2D eigenvalue weighted by atomic mass is 32.2. The van der Waals surface area contributed by atoms with Crippen LogP contribution < -0.4 is 5.32 Å². The lowest BCUT2D eigenvalue weighted by atomic mass is 10.1. The van der Waals surface area contributed by atoms with E-state index in [1.54, 1.807) is 49.6 Å². The van der Waals surface area contributed by atoms with Crippen molar-refractivity contribution in [1.29, 1.82) is 5.26 Å². The van der Waals surface area contributed by atoms with Gasteiger partial charge in [-0.25, -0.2) is 12.4 Å². The van der Waals surface area contributed by atoms with Crippen molar-refractivity contribution in [1.82, 2.24) is 14.3 Å². The molecule has 0 saturated heterocycles. The lowest BCUT2D eigenvalue weighted by molar-refractivity contribution is 0.587. The number of hydrogen-bond donors (Lipinski definition) is 1. The van der Waals surface area contributed by atoms with Gasteiger partial charge in [-0.1, -0.05) is 18.2 Å². The van der Waals surface area contributed by atoms with Gasteiger partial charge in [0.25, 0.3) is 10.0 Å². The summed E-state index contributed by atoms with van der Waals surface area (Å²) in [6, 6.07) is 13.9. The summed E-state index contributed by atoms with van der Waals surface area (Å²) in [4.78, 5) is 3.99. The Morgan fingerprint density at radius 1 is 1.24 bits per heavy atom. The van der Waals surface area contributed by atoms with E-state index < -0.39 is 10.0 Å². The van der Waals surface area contributed by atoms with Crippen molar-refractivity contribution in [3.8, 4) is 17.3 Å². The zero-order valence-corrected chi connectivity index (χ0v) is 14.4. The maximum Gasteiger partial charge on any atom is 0.269 e. The second-order valence-electron chi connectivity index (χ2n) is 5.41. The summed E-state index contributed by atoms with van der Waals surface area (Å²) >= 11 is 0. The van der Waals surface area contributed by atoms with Gasteiger partial charge in [0, 0.05) is 30.7 Å². The number of rotatable bonds is 5. The molecule has 3 rings (SSSR count). The molecule has 0 bridgehead atoms. The average Bonchev–Trinajstić information content (AvgIpc) is 3.07. The summed E-state index contributed by atoms with van der Waals surface area (Å²) in [5, 5.41) is 12.4. The van der Waals surface area contributed by atoms with Crippen LogP contribution >= 0.6 is 0 Å². The largest absolute Gasteiger partial charge is 0.316 e. The highest BCUT2D eigenvalue weighted by Gasteiger charge is 2.23. The fourth-order valence-electron chi connectivity index (χ4n) is 2.61. The van der Waals surface area contributed by atoms with Gasteiger partial charge in [-0.2, -0.15) is 5.26 Å². The molecule has 0 aliphatic heterocycles. The van der Waals surface area contributed by atoms with E-state index in [1.165, 1.54) is 22.4 Å². The number of hydrogen-bond acceptors (Lipinski definition) is 5. The maximum absolute atomic E-state index is 13.1. The Morgan fingerprint density at radius 3 is 2.72 bits per heavy atom. The third kappa shape index (κ3) is 3.18. The molecular weight excluding hydrogens is 336 g/mol. The van der Waals surface area contributed by atoms with Gasteiger partial charge in [0.2, 0.25) is 0 Å². The minimum absolute atomic E-state index is 0.0947. The van der Waals surface area contributed by atoms with Crippen LogP contribution in [0.3, 0.4) is 0 Å². The molecule has 25 heavy (non-hydrogen) atoms. The topological polar surface area (TPSA) is 87.8 Å². The van der Waals surface area contributed by atoms with Crippen LogP contribution in [-0.2, 0) is 16.6 Å². The summed E-state index contributed by atoms with van der Waals surface area (Å²) < 4.78 is 27.3. The summed E-state index contributed by atoms with van der Waals surface area (Å²) in [6.07, 6.45) is 4.41. The molecule has 126 valence electrons. The molecule has 7 heteroatoms. The molecule has 6 nitrogen and oxygen atoms in total. The minimum atomic E-state index is -3.82. The predicted molar refractivity (Wildman–Crippen MR) is 94.2 cm³/mol. The molecule has 2 heterocycles. The normalized spacial score (nSPS) is 11.2. The second kappa shape index (κ2) is 6.89. The molecule has 1 aromatic carbocycles. The molecule has 0 amide bonds. The van der Waals surface area contributed by atoms with Crippen molar-refractivity contribution in [2.24, 2.45) is 0 Å². The molecule has 1 N–H and O–H groups in total. The lowest BCUT2D eigenvalue weighted by Gasteiger charge is -2.11. The first-order valence-electron chi connectivity index (χ1n) is 7.59. The Balaban J connectivity index is 2.25. The van der Waals surface area contributed by atoms with Gasteiger partial charge in [0.1, 0.15) is 4.90 Å². The zero-order chi connectivity index (χ0) is 17.9. The number of aromatic nitrogens is 2. The Hall–Kier alpha value is -2.95. The first-order valence-corrected chi connectivity index (χ1v) is 9.03. The third-order valence-corrected chi connectivity index (χ3v) is 5.40. The van der Waals surface area contributed by atoms with Gasteiger partial charge in [-0.3, -0.25) is 4.98 Å². The maximum atomic E-state index is 13.1. The molecule has 0 fully saturated rings. The van der Waals surface area contributed by atoms with Crippen LogP contribution in [0.15, 0.2) is 66.0 Å². The Labute approximate surface area is 146 Å². The second-order valence-corrected chi connectivity index (χ2v) is 7.23. The van der Waals surface area contributed by atoms with Gasteiger partial charge >= 0.3 is 0 Å². The molecule has 0 saturated carbocycles. The molecule has 3 aromatic rings. The molecular formula is C18H16N4O2S. The van der Waals surface area contributed by atoms with Crippen molar-refractivity contribution >= 4 is 10.0 Å². The van der Waals surface area contributed by atoms with Gasteiger partial charge in [-0.05, 0) is 36.9 Å². The van der Waals surface area contributed by atoms with E-state index in [4.69, 9.17) is 0 Å². The van der Waals surface area contributed by atoms with Gasteiger partial charge in [0.15, 0.2) is 0 Å². The van der Waals surface area contributed by atoms with Gasteiger partial charge < -0.3 is 5.32 Å². The van der Waals surface area contributed by atoms with Crippen molar-refractivity contribution in [2.45, 2.75) is 11.4 Å². The molecule has 0 atom stereocenters. The molecule has 0 aliphatic carbocycles. The van der Waals surface area contributed by atoms with Crippen LogP contribution in [0.4, 0.5) is 0 Å². The molecule has 0 unspecified atom stereocenters. The van der Waals surface area contributed by atoms with E-state index >= 15 is 0 Å². The third-order valence-electron chi connectivity index (χ3n) is 3.74. The highest BCUT2D eigenvalue weighted by molar-refractivity contribution is 7.90. The Morgan fingerprint density at radius 2 is 2.04 bits per heavy atom. The van der Waals surface area contributed by atoms with E-state index in [0.29, 0.717) is 23.4 Å². The Bertz CT molecular complexity index is 1030. The highest BCUT2D eigenvalue weighted by Crippen LogP contribution is 2.29. The molecule has 2 aromatic heterocycles. The number of nitriles is 1. The lowest BCUT2D eigenvalue weighted by Crippen LogP contribution is -2.14. The molecule has 0 spiro atoms. The number of pyridine rings is 1. The average molecular weight is 352 g/mol. The first-order chi connectivity index (χ1) is 12.1. The quantitative estimate of drug-likeness (QED) is 0.762. The van der Waals surface area contributed by atoms with Crippen LogP contribution in [0.1, 0.15) is 11.1 Å². The van der Waals surface area contributed by atoms with Crippen molar-refractivity contribution in [2.75, 3.05) is 7.05 Å². The summed E-state index contributed by atoms with van der Waals surface area (Å²) in [6.45, 7) is 0.511. The zero-order valence-electron chi connectivity index (χ0n) is 13.5. The van der Waals surface area contributed by atoms with E-state index in [-0.39, 0.29) is 4.90 Å². The number of nitrogens with one attached hydrogen (secondary N) is 1. The first kappa shape index (κ1) is 16.9. The fraction of sp³-hybridized carbons (Fsp3) is 0.111.